The van der Waals surface area contributed by atoms with E-state index in [4.69, 9.17) is 16.2 Å². The number of fused-ring (bicyclic) bond motifs is 1. The number of ether oxygens (including phenoxy) is 1. The first-order valence-corrected chi connectivity index (χ1v) is 6.62. The maximum absolute atomic E-state index is 5.95. The van der Waals surface area contributed by atoms with Crippen LogP contribution < -0.4 is 16.2 Å². The van der Waals surface area contributed by atoms with Gasteiger partial charge in [0.2, 0.25) is 0 Å². The molecule has 0 aliphatic carbocycles. The maximum atomic E-state index is 5.95. The minimum atomic E-state index is -0.462. The zero-order valence-electron chi connectivity index (χ0n) is 11.7. The number of nitrogens with two attached hydrogens (primary N) is 2. The summed E-state index contributed by atoms with van der Waals surface area (Å²) < 4.78 is 5.31. The van der Waals surface area contributed by atoms with Gasteiger partial charge < -0.3 is 15.4 Å². The molecule has 0 amide bonds. The zero-order chi connectivity index (χ0) is 14.8. The van der Waals surface area contributed by atoms with Crippen LogP contribution in [-0.4, -0.2) is 29.5 Å². The van der Waals surface area contributed by atoms with Gasteiger partial charge in [-0.05, 0) is 23.8 Å². The van der Waals surface area contributed by atoms with Crippen LogP contribution in [0.2, 0.25) is 0 Å². The predicted octanol–water partition coefficient (Wildman–Crippen LogP) is 1.17. The van der Waals surface area contributed by atoms with Gasteiger partial charge >= 0.3 is 0 Å². The standard InChI is InChI=1S/C15H17N5O/c1-21-12-4-2-3-11-7-10(8-19-14(11)12)9-20-13(16)5-6-18-15(20)17/h2-8,15H,9,16-17H2,1H3. The van der Waals surface area contributed by atoms with E-state index >= 15 is 0 Å². The number of methoxy groups -OCH3 is 1. The Labute approximate surface area is 122 Å². The van der Waals surface area contributed by atoms with E-state index in [1.165, 1.54) is 0 Å². The Hall–Kier alpha value is -2.60. The molecule has 0 bridgehead atoms. The highest BCUT2D eigenvalue weighted by Gasteiger charge is 2.17. The number of aromatic nitrogens is 1. The number of pyridine rings is 1. The highest BCUT2D eigenvalue weighted by atomic mass is 16.5. The number of rotatable bonds is 3. The SMILES string of the molecule is COc1cccc2cc(CN3C(N)=CC=NC3N)cnc12. The molecule has 0 radical (unpaired) electrons. The molecule has 0 saturated heterocycles. The Morgan fingerprint density at radius 1 is 1.38 bits per heavy atom. The van der Waals surface area contributed by atoms with Crippen LogP contribution in [0.15, 0.2) is 47.4 Å². The number of allylic oxidation sites excluding steroid dienone is 1. The molecular weight excluding hydrogens is 266 g/mol. The normalized spacial score (nSPS) is 17.9. The van der Waals surface area contributed by atoms with Crippen LogP contribution in [0.25, 0.3) is 10.9 Å². The zero-order valence-corrected chi connectivity index (χ0v) is 11.7. The minimum Gasteiger partial charge on any atom is -0.494 e. The molecule has 4 N–H and O–H groups in total. The summed E-state index contributed by atoms with van der Waals surface area (Å²) in [5.74, 6) is 1.36. The highest BCUT2D eigenvalue weighted by Crippen LogP contribution is 2.24. The summed E-state index contributed by atoms with van der Waals surface area (Å²) >= 11 is 0. The van der Waals surface area contributed by atoms with Gasteiger partial charge in [0, 0.05) is 24.3 Å². The van der Waals surface area contributed by atoms with Gasteiger partial charge in [-0.25, -0.2) is 0 Å². The van der Waals surface area contributed by atoms with Gasteiger partial charge in [0.15, 0.2) is 6.29 Å². The van der Waals surface area contributed by atoms with E-state index in [0.29, 0.717) is 12.4 Å². The molecular formula is C15H17N5O. The van der Waals surface area contributed by atoms with Crippen molar-refractivity contribution in [1.82, 2.24) is 9.88 Å². The lowest BCUT2D eigenvalue weighted by atomic mass is 10.1. The quantitative estimate of drug-likeness (QED) is 0.882. The van der Waals surface area contributed by atoms with E-state index < -0.39 is 6.29 Å². The molecule has 1 atom stereocenters. The second kappa shape index (κ2) is 5.41. The fraction of sp³-hybridized carbons (Fsp3) is 0.200. The number of hydrogen-bond acceptors (Lipinski definition) is 6. The molecule has 6 heteroatoms. The number of nitrogens with zero attached hydrogens (tertiary/aromatic N) is 3. The Bertz CT molecular complexity index is 725. The molecule has 1 aromatic heterocycles. The van der Waals surface area contributed by atoms with Crippen molar-refractivity contribution in [2.24, 2.45) is 16.5 Å². The van der Waals surface area contributed by atoms with Crippen LogP contribution in [0.5, 0.6) is 5.75 Å². The molecule has 1 aromatic carbocycles. The van der Waals surface area contributed by atoms with E-state index in [9.17, 15) is 0 Å². The lowest BCUT2D eigenvalue weighted by Gasteiger charge is -2.30. The van der Waals surface area contributed by atoms with Crippen LogP contribution in [-0.2, 0) is 6.54 Å². The summed E-state index contributed by atoms with van der Waals surface area (Å²) in [6, 6.07) is 7.90. The van der Waals surface area contributed by atoms with Crippen molar-refractivity contribution in [3.63, 3.8) is 0 Å². The number of benzene rings is 1. The van der Waals surface area contributed by atoms with Crippen molar-refractivity contribution >= 4 is 17.1 Å². The topological polar surface area (TPSA) is 89.8 Å². The average Bonchev–Trinajstić information content (AvgIpc) is 2.50. The fourth-order valence-electron chi connectivity index (χ4n) is 2.35. The Balaban J connectivity index is 1.92. The van der Waals surface area contributed by atoms with Gasteiger partial charge in [-0.1, -0.05) is 12.1 Å². The lowest BCUT2D eigenvalue weighted by Crippen LogP contribution is -2.43. The molecule has 2 aromatic rings. The molecule has 1 aliphatic heterocycles. The van der Waals surface area contributed by atoms with Gasteiger partial charge in [-0.2, -0.15) is 0 Å². The molecule has 0 spiro atoms. The van der Waals surface area contributed by atoms with Gasteiger partial charge in [-0.15, -0.1) is 0 Å². The van der Waals surface area contributed by atoms with Gasteiger partial charge in [0.1, 0.15) is 17.1 Å². The maximum Gasteiger partial charge on any atom is 0.175 e. The number of para-hydroxylation sites is 1. The third-order valence-corrected chi connectivity index (χ3v) is 3.44. The monoisotopic (exact) mass is 283 g/mol. The van der Waals surface area contributed by atoms with E-state index in [-0.39, 0.29) is 0 Å². The van der Waals surface area contributed by atoms with Crippen LogP contribution in [0.1, 0.15) is 5.56 Å². The van der Waals surface area contributed by atoms with Crippen molar-refractivity contribution in [2.75, 3.05) is 7.11 Å². The molecule has 6 nitrogen and oxygen atoms in total. The van der Waals surface area contributed by atoms with Crippen molar-refractivity contribution in [3.05, 3.63) is 47.9 Å². The van der Waals surface area contributed by atoms with Crippen LogP contribution in [0.3, 0.4) is 0 Å². The predicted molar refractivity (Wildman–Crippen MR) is 82.6 cm³/mol. The fourth-order valence-corrected chi connectivity index (χ4v) is 2.35. The van der Waals surface area contributed by atoms with E-state index in [0.717, 1.165) is 22.2 Å². The van der Waals surface area contributed by atoms with Crippen LogP contribution in [0, 0.1) is 0 Å². The number of aliphatic imine (C=N–C) groups is 1. The highest BCUT2D eigenvalue weighted by molar-refractivity contribution is 5.84. The third kappa shape index (κ3) is 2.53. The third-order valence-electron chi connectivity index (χ3n) is 3.44. The summed E-state index contributed by atoms with van der Waals surface area (Å²) in [5, 5.41) is 1.02. The van der Waals surface area contributed by atoms with E-state index in [1.807, 2.05) is 29.3 Å². The second-order valence-electron chi connectivity index (χ2n) is 4.81. The molecule has 108 valence electrons. The Kier molecular flexibility index (Phi) is 3.45. The largest absolute Gasteiger partial charge is 0.494 e. The Morgan fingerprint density at radius 2 is 2.24 bits per heavy atom. The smallest absolute Gasteiger partial charge is 0.175 e. The molecule has 21 heavy (non-hydrogen) atoms. The van der Waals surface area contributed by atoms with Crippen molar-refractivity contribution < 1.29 is 4.74 Å². The lowest BCUT2D eigenvalue weighted by molar-refractivity contribution is 0.250. The van der Waals surface area contributed by atoms with Gasteiger partial charge in [0.25, 0.3) is 0 Å². The minimum absolute atomic E-state index is 0.462. The molecule has 0 saturated carbocycles. The first-order chi connectivity index (χ1) is 10.2. The van der Waals surface area contributed by atoms with Crippen molar-refractivity contribution in [1.29, 1.82) is 0 Å². The van der Waals surface area contributed by atoms with E-state index in [1.54, 1.807) is 19.4 Å². The van der Waals surface area contributed by atoms with Gasteiger partial charge in [-0.3, -0.25) is 15.7 Å². The molecule has 1 unspecified atom stereocenters. The Morgan fingerprint density at radius 3 is 3.00 bits per heavy atom. The van der Waals surface area contributed by atoms with Gasteiger partial charge in [0.05, 0.1) is 7.11 Å². The summed E-state index contributed by atoms with van der Waals surface area (Å²) in [6.07, 6.45) is 4.71. The van der Waals surface area contributed by atoms with Crippen molar-refractivity contribution in [3.8, 4) is 5.75 Å². The van der Waals surface area contributed by atoms with Crippen LogP contribution in [0.4, 0.5) is 0 Å². The molecule has 0 fully saturated rings. The van der Waals surface area contributed by atoms with Crippen LogP contribution >= 0.6 is 0 Å². The first kappa shape index (κ1) is 13.4. The molecule has 2 heterocycles. The second-order valence-corrected chi connectivity index (χ2v) is 4.81. The van der Waals surface area contributed by atoms with Crippen molar-refractivity contribution in [2.45, 2.75) is 12.8 Å². The summed E-state index contributed by atoms with van der Waals surface area (Å²) in [5.41, 5.74) is 13.7. The summed E-state index contributed by atoms with van der Waals surface area (Å²) in [4.78, 5) is 10.4. The summed E-state index contributed by atoms with van der Waals surface area (Å²) in [6.45, 7) is 0.557. The molecule has 1 aliphatic rings. The first-order valence-electron chi connectivity index (χ1n) is 6.62. The molecule has 3 rings (SSSR count). The number of hydrogen-bond donors (Lipinski definition) is 2. The average molecular weight is 283 g/mol. The summed E-state index contributed by atoms with van der Waals surface area (Å²) in [7, 11) is 1.64. The van der Waals surface area contributed by atoms with E-state index in [2.05, 4.69) is 16.0 Å².